The first-order chi connectivity index (χ1) is 12.4. The molecule has 0 bridgehead atoms. The van der Waals surface area contributed by atoms with E-state index in [0.29, 0.717) is 13.1 Å². The lowest BCUT2D eigenvalue weighted by Gasteiger charge is -2.29. The lowest BCUT2D eigenvalue weighted by Crippen LogP contribution is -2.41. The first kappa shape index (κ1) is 16.8. The number of nitrogens with zero attached hydrogens (tertiary/aromatic N) is 2. The molecule has 4 nitrogen and oxygen atoms in total. The number of aliphatic imine (C=N–C) groups is 1. The zero-order valence-corrected chi connectivity index (χ0v) is 15.5. The van der Waals surface area contributed by atoms with Crippen LogP contribution in [0.5, 0.6) is 0 Å². The number of carbonyl (C=O) groups excluding carboxylic acids is 1. The predicted octanol–water partition coefficient (Wildman–Crippen LogP) is 4.70. The molecule has 1 spiro atoms. The van der Waals surface area contributed by atoms with E-state index in [1.165, 1.54) is 5.56 Å². The third-order valence-corrected chi connectivity index (χ3v) is 5.07. The minimum absolute atomic E-state index is 0.244. The fourth-order valence-corrected chi connectivity index (χ4v) is 3.97. The van der Waals surface area contributed by atoms with Crippen LogP contribution in [0.2, 0.25) is 0 Å². The Balaban J connectivity index is 1.71. The molecule has 134 valence electrons. The number of fused-ring (bicyclic) bond motifs is 2. The van der Waals surface area contributed by atoms with Crippen LogP contribution in [0.1, 0.15) is 38.3 Å². The van der Waals surface area contributed by atoms with Crippen molar-refractivity contribution in [3.05, 3.63) is 65.7 Å². The molecule has 1 atom stereocenters. The summed E-state index contributed by atoms with van der Waals surface area (Å²) in [4.78, 5) is 19.4. The van der Waals surface area contributed by atoms with Gasteiger partial charge in [0.25, 0.3) is 0 Å². The molecule has 1 amide bonds. The second-order valence-electron chi connectivity index (χ2n) is 8.08. The van der Waals surface area contributed by atoms with Crippen LogP contribution in [0, 0.1) is 0 Å². The molecule has 4 rings (SSSR count). The summed E-state index contributed by atoms with van der Waals surface area (Å²) < 4.78 is 5.60. The average Bonchev–Trinajstić information content (AvgIpc) is 3.18. The fourth-order valence-electron chi connectivity index (χ4n) is 3.97. The first-order valence-electron chi connectivity index (χ1n) is 9.11. The van der Waals surface area contributed by atoms with Crippen LogP contribution in [-0.4, -0.2) is 35.4 Å². The number of para-hydroxylation sites is 1. The van der Waals surface area contributed by atoms with E-state index in [1.807, 2.05) is 49.9 Å². The summed E-state index contributed by atoms with van der Waals surface area (Å²) in [6, 6.07) is 18.6. The van der Waals surface area contributed by atoms with Crippen LogP contribution in [-0.2, 0) is 10.2 Å². The smallest absolute Gasteiger partial charge is 0.410 e. The Morgan fingerprint density at radius 3 is 2.50 bits per heavy atom. The standard InChI is InChI=1S/C22H24N2O2/c1-21(2,3)26-20(25)24-14-13-22(15-24)17-11-7-8-12-18(17)23-19(22)16-9-5-4-6-10-16/h4-12H,13-15H2,1-3H3. The number of amides is 1. The summed E-state index contributed by atoms with van der Waals surface area (Å²) in [5.41, 5.74) is 3.66. The highest BCUT2D eigenvalue weighted by atomic mass is 16.6. The van der Waals surface area contributed by atoms with Gasteiger partial charge in [-0.15, -0.1) is 0 Å². The number of hydrogen-bond donors (Lipinski definition) is 0. The van der Waals surface area contributed by atoms with Crippen molar-refractivity contribution < 1.29 is 9.53 Å². The van der Waals surface area contributed by atoms with Crippen molar-refractivity contribution in [2.75, 3.05) is 13.1 Å². The molecule has 4 heteroatoms. The lowest BCUT2D eigenvalue weighted by atomic mass is 9.74. The van der Waals surface area contributed by atoms with E-state index in [0.717, 1.165) is 23.4 Å². The van der Waals surface area contributed by atoms with Crippen LogP contribution in [0.15, 0.2) is 59.6 Å². The molecule has 1 fully saturated rings. The Bertz CT molecular complexity index is 867. The minimum Gasteiger partial charge on any atom is -0.444 e. The molecule has 0 radical (unpaired) electrons. The Morgan fingerprint density at radius 2 is 1.77 bits per heavy atom. The highest BCUT2D eigenvalue weighted by Gasteiger charge is 2.50. The molecular formula is C22H24N2O2. The van der Waals surface area contributed by atoms with Crippen molar-refractivity contribution in [1.82, 2.24) is 4.90 Å². The second-order valence-corrected chi connectivity index (χ2v) is 8.08. The van der Waals surface area contributed by atoms with Crippen molar-refractivity contribution in [3.8, 4) is 0 Å². The molecule has 0 aliphatic carbocycles. The van der Waals surface area contributed by atoms with Crippen LogP contribution in [0.3, 0.4) is 0 Å². The van der Waals surface area contributed by atoms with Crippen LogP contribution in [0.25, 0.3) is 0 Å². The Hall–Kier alpha value is -2.62. The van der Waals surface area contributed by atoms with Gasteiger partial charge in [0, 0.05) is 13.1 Å². The number of ether oxygens (including phenoxy) is 1. The molecular weight excluding hydrogens is 324 g/mol. The molecule has 0 aromatic heterocycles. The third-order valence-electron chi connectivity index (χ3n) is 5.07. The largest absolute Gasteiger partial charge is 0.444 e. The van der Waals surface area contributed by atoms with E-state index in [-0.39, 0.29) is 11.5 Å². The van der Waals surface area contributed by atoms with E-state index in [4.69, 9.17) is 9.73 Å². The van der Waals surface area contributed by atoms with Crippen LogP contribution >= 0.6 is 0 Å². The van der Waals surface area contributed by atoms with Gasteiger partial charge in [-0.2, -0.15) is 0 Å². The van der Waals surface area contributed by atoms with Gasteiger partial charge in [0.05, 0.1) is 16.8 Å². The summed E-state index contributed by atoms with van der Waals surface area (Å²) >= 11 is 0. The van der Waals surface area contributed by atoms with Gasteiger partial charge in [0.1, 0.15) is 5.60 Å². The lowest BCUT2D eigenvalue weighted by molar-refractivity contribution is 0.0289. The molecule has 26 heavy (non-hydrogen) atoms. The Labute approximate surface area is 154 Å². The molecule has 0 N–H and O–H groups in total. The van der Waals surface area contributed by atoms with Crippen molar-refractivity contribution in [2.45, 2.75) is 38.2 Å². The Morgan fingerprint density at radius 1 is 1.08 bits per heavy atom. The van der Waals surface area contributed by atoms with Gasteiger partial charge in [-0.05, 0) is 44.4 Å². The SMILES string of the molecule is CC(C)(C)OC(=O)N1CCC2(C1)C(c1ccccc1)=Nc1ccccc12. The van der Waals surface area contributed by atoms with Crippen LogP contribution in [0.4, 0.5) is 10.5 Å². The highest BCUT2D eigenvalue weighted by molar-refractivity contribution is 6.13. The second kappa shape index (κ2) is 5.97. The highest BCUT2D eigenvalue weighted by Crippen LogP contribution is 2.47. The zero-order valence-electron chi connectivity index (χ0n) is 15.5. The first-order valence-corrected chi connectivity index (χ1v) is 9.11. The van der Waals surface area contributed by atoms with Crippen molar-refractivity contribution in [1.29, 1.82) is 0 Å². The molecule has 1 unspecified atom stereocenters. The predicted molar refractivity (Wildman–Crippen MR) is 103 cm³/mol. The molecule has 2 aromatic carbocycles. The maximum Gasteiger partial charge on any atom is 0.410 e. The van der Waals surface area contributed by atoms with E-state index in [9.17, 15) is 4.79 Å². The normalized spacial score (nSPS) is 21.7. The van der Waals surface area contributed by atoms with Crippen molar-refractivity contribution in [3.63, 3.8) is 0 Å². The zero-order chi connectivity index (χ0) is 18.4. The summed E-state index contributed by atoms with van der Waals surface area (Å²) in [6.07, 6.45) is 0.614. The number of likely N-dealkylation sites (tertiary alicyclic amines) is 1. The van der Waals surface area contributed by atoms with Gasteiger partial charge in [0.2, 0.25) is 0 Å². The number of benzene rings is 2. The van der Waals surface area contributed by atoms with Gasteiger partial charge in [-0.3, -0.25) is 4.99 Å². The van der Waals surface area contributed by atoms with E-state index < -0.39 is 5.60 Å². The number of hydrogen-bond acceptors (Lipinski definition) is 3. The van der Waals surface area contributed by atoms with Gasteiger partial charge < -0.3 is 9.64 Å². The van der Waals surface area contributed by atoms with E-state index in [1.54, 1.807) is 0 Å². The molecule has 2 aliphatic rings. The monoisotopic (exact) mass is 348 g/mol. The number of carbonyl (C=O) groups is 1. The molecule has 1 saturated heterocycles. The maximum atomic E-state index is 12.6. The van der Waals surface area contributed by atoms with Gasteiger partial charge in [-0.25, -0.2) is 4.79 Å². The molecule has 0 saturated carbocycles. The topological polar surface area (TPSA) is 41.9 Å². The fraction of sp³-hybridized carbons (Fsp3) is 0.364. The van der Waals surface area contributed by atoms with Gasteiger partial charge >= 0.3 is 6.09 Å². The average molecular weight is 348 g/mol. The summed E-state index contributed by atoms with van der Waals surface area (Å²) in [7, 11) is 0. The van der Waals surface area contributed by atoms with Crippen LogP contribution < -0.4 is 0 Å². The third kappa shape index (κ3) is 2.79. The molecule has 2 aromatic rings. The van der Waals surface area contributed by atoms with Crippen molar-refractivity contribution >= 4 is 17.5 Å². The number of rotatable bonds is 1. The molecule has 2 heterocycles. The summed E-state index contributed by atoms with van der Waals surface area (Å²) in [5.74, 6) is 0. The van der Waals surface area contributed by atoms with Gasteiger partial charge in [0.15, 0.2) is 0 Å². The summed E-state index contributed by atoms with van der Waals surface area (Å²) in [6.45, 7) is 6.98. The maximum absolute atomic E-state index is 12.6. The summed E-state index contributed by atoms with van der Waals surface area (Å²) in [5, 5.41) is 0. The van der Waals surface area contributed by atoms with Crippen molar-refractivity contribution in [2.24, 2.45) is 4.99 Å². The molecule has 2 aliphatic heterocycles. The minimum atomic E-state index is -0.489. The van der Waals surface area contributed by atoms with Gasteiger partial charge in [-0.1, -0.05) is 48.5 Å². The van der Waals surface area contributed by atoms with E-state index in [2.05, 4.69) is 30.3 Å². The quantitative estimate of drug-likeness (QED) is 0.749. The van der Waals surface area contributed by atoms with E-state index >= 15 is 0 Å². The Kier molecular flexibility index (Phi) is 3.87.